The number of carboxylic acids is 1. The molecular weight excluding hydrogens is 516 g/mol. The number of unbranched alkanes of at least 4 members (excludes halogenated alkanes) is 2. The van der Waals surface area contributed by atoms with Gasteiger partial charge in [0.25, 0.3) is 5.91 Å². The fourth-order valence-corrected chi connectivity index (χ4v) is 5.16. The number of hydrogen-bond acceptors (Lipinski definition) is 7. The Balaban J connectivity index is 1.47. The maximum absolute atomic E-state index is 12.8. The van der Waals surface area contributed by atoms with Gasteiger partial charge in [0.15, 0.2) is 11.5 Å². The number of fused-ring (bicyclic) bond motifs is 1. The van der Waals surface area contributed by atoms with E-state index in [1.807, 2.05) is 30.3 Å². The van der Waals surface area contributed by atoms with Gasteiger partial charge in [-0.15, -0.1) is 0 Å². The highest BCUT2D eigenvalue weighted by Crippen LogP contribution is 2.40. The first-order chi connectivity index (χ1) is 15.4. The Morgan fingerprint density at radius 1 is 1.25 bits per heavy atom. The third-order valence-electron chi connectivity index (χ3n) is 4.93. The zero-order valence-corrected chi connectivity index (χ0v) is 20.1. The molecule has 4 rings (SSSR count). The number of aliphatic carboxylic acids is 1. The van der Waals surface area contributed by atoms with Crippen molar-refractivity contribution in [3.05, 3.63) is 45.4 Å². The van der Waals surface area contributed by atoms with Gasteiger partial charge in [0.05, 0.1) is 16.3 Å². The van der Waals surface area contributed by atoms with Gasteiger partial charge in [-0.1, -0.05) is 36.5 Å². The van der Waals surface area contributed by atoms with Crippen LogP contribution >= 0.6 is 39.9 Å². The number of thiocarbonyl (C=S) groups is 1. The molecule has 0 saturated carbocycles. The van der Waals surface area contributed by atoms with Crippen molar-refractivity contribution in [1.29, 1.82) is 0 Å². The normalized spacial score (nSPS) is 16.3. The molecule has 2 aliphatic rings. The average molecular weight is 535 g/mol. The topological polar surface area (TPSA) is 89.0 Å². The first-order valence-corrected chi connectivity index (χ1v) is 12.0. The van der Waals surface area contributed by atoms with Crippen LogP contribution in [0.3, 0.4) is 0 Å². The SMILES string of the molecule is O=C(O)CCCCCN1C(=O)C(=Cc2cccc(-c3cc4c(cc3Br)OCO4)n2)SC1=S. The van der Waals surface area contributed by atoms with Crippen LogP contribution < -0.4 is 9.47 Å². The van der Waals surface area contributed by atoms with E-state index < -0.39 is 5.97 Å². The summed E-state index contributed by atoms with van der Waals surface area (Å²) in [6.07, 6.45) is 3.91. The second-order valence-electron chi connectivity index (χ2n) is 7.17. The molecule has 3 heterocycles. The van der Waals surface area contributed by atoms with Crippen LogP contribution in [0.5, 0.6) is 11.5 Å². The Bertz CT molecular complexity index is 1120. The van der Waals surface area contributed by atoms with Gasteiger partial charge in [-0.2, -0.15) is 0 Å². The molecule has 0 atom stereocenters. The smallest absolute Gasteiger partial charge is 0.303 e. The number of amides is 1. The number of carbonyl (C=O) groups excluding carboxylic acids is 1. The molecule has 0 bridgehead atoms. The van der Waals surface area contributed by atoms with Crippen molar-refractivity contribution in [3.8, 4) is 22.8 Å². The van der Waals surface area contributed by atoms with Crippen molar-refractivity contribution in [3.63, 3.8) is 0 Å². The summed E-state index contributed by atoms with van der Waals surface area (Å²) in [7, 11) is 0. The number of carbonyl (C=O) groups is 2. The van der Waals surface area contributed by atoms with E-state index in [0.29, 0.717) is 45.8 Å². The van der Waals surface area contributed by atoms with Crippen LogP contribution in [0.25, 0.3) is 17.3 Å². The molecule has 2 aromatic rings. The number of pyridine rings is 1. The second-order valence-corrected chi connectivity index (χ2v) is 9.70. The van der Waals surface area contributed by atoms with Crippen LogP contribution in [0.1, 0.15) is 31.4 Å². The van der Waals surface area contributed by atoms with E-state index in [4.69, 9.17) is 31.8 Å². The first-order valence-electron chi connectivity index (χ1n) is 9.96. The van der Waals surface area contributed by atoms with Crippen molar-refractivity contribution in [2.24, 2.45) is 0 Å². The molecule has 0 unspecified atom stereocenters. The van der Waals surface area contributed by atoms with Gasteiger partial charge in [0.2, 0.25) is 6.79 Å². The number of rotatable bonds is 8. The number of carboxylic acid groups (broad SMARTS) is 1. The molecule has 0 aliphatic carbocycles. The van der Waals surface area contributed by atoms with E-state index >= 15 is 0 Å². The lowest BCUT2D eigenvalue weighted by molar-refractivity contribution is -0.137. The summed E-state index contributed by atoms with van der Waals surface area (Å²) in [5.74, 6) is 0.402. The van der Waals surface area contributed by atoms with Crippen LogP contribution in [0, 0.1) is 0 Å². The summed E-state index contributed by atoms with van der Waals surface area (Å²) >= 11 is 10.2. The summed E-state index contributed by atoms with van der Waals surface area (Å²) in [6.45, 7) is 0.680. The van der Waals surface area contributed by atoms with E-state index in [-0.39, 0.29) is 19.1 Å². The lowest BCUT2D eigenvalue weighted by Crippen LogP contribution is -2.29. The van der Waals surface area contributed by atoms with Gasteiger partial charge in [0, 0.05) is 23.0 Å². The molecule has 1 saturated heterocycles. The van der Waals surface area contributed by atoms with Gasteiger partial charge in [-0.05, 0) is 59.1 Å². The fraction of sp³-hybridized carbons (Fsp3) is 0.273. The van der Waals surface area contributed by atoms with E-state index in [1.54, 1.807) is 11.0 Å². The summed E-state index contributed by atoms with van der Waals surface area (Å²) in [5.41, 5.74) is 2.24. The van der Waals surface area contributed by atoms with Crippen molar-refractivity contribution >= 4 is 62.2 Å². The fourth-order valence-electron chi connectivity index (χ4n) is 3.35. The number of hydrogen-bond donors (Lipinski definition) is 1. The number of halogens is 1. The van der Waals surface area contributed by atoms with Crippen LogP contribution in [-0.4, -0.2) is 44.5 Å². The second kappa shape index (κ2) is 10.0. The zero-order chi connectivity index (χ0) is 22.7. The Kier molecular flexibility index (Phi) is 7.12. The predicted molar refractivity (Wildman–Crippen MR) is 129 cm³/mol. The minimum atomic E-state index is -0.805. The largest absolute Gasteiger partial charge is 0.481 e. The monoisotopic (exact) mass is 534 g/mol. The Hall–Kier alpha value is -2.43. The summed E-state index contributed by atoms with van der Waals surface area (Å²) in [4.78, 5) is 30.2. The molecule has 1 aromatic carbocycles. The molecular formula is C22H19BrN2O5S2. The molecule has 0 radical (unpaired) electrons. The minimum absolute atomic E-state index is 0.139. The van der Waals surface area contributed by atoms with Gasteiger partial charge in [-0.25, -0.2) is 4.98 Å². The van der Waals surface area contributed by atoms with E-state index in [0.717, 1.165) is 22.2 Å². The molecule has 1 aromatic heterocycles. The van der Waals surface area contributed by atoms with Gasteiger partial charge < -0.3 is 14.6 Å². The Morgan fingerprint density at radius 2 is 2.03 bits per heavy atom. The molecule has 7 nitrogen and oxygen atoms in total. The van der Waals surface area contributed by atoms with Crippen molar-refractivity contribution in [2.45, 2.75) is 25.7 Å². The molecule has 0 spiro atoms. The maximum atomic E-state index is 12.8. The molecule has 1 N–H and O–H groups in total. The van der Waals surface area contributed by atoms with Crippen LogP contribution in [0.2, 0.25) is 0 Å². The summed E-state index contributed by atoms with van der Waals surface area (Å²) in [5, 5.41) is 8.72. The average Bonchev–Trinajstić information content (AvgIpc) is 3.31. The predicted octanol–water partition coefficient (Wildman–Crippen LogP) is 5.09. The number of nitrogens with zero attached hydrogens (tertiary/aromatic N) is 2. The standard InChI is InChI=1S/C22H19BrN2O5S2/c23-15-11-18-17(29-12-30-18)10-14(15)16-6-4-5-13(24-16)9-19-21(28)25(22(31)32-19)8-3-1-2-7-20(26)27/h4-6,9-11H,1-3,7-8,12H2,(H,26,27). The van der Waals surface area contributed by atoms with Crippen LogP contribution in [0.15, 0.2) is 39.7 Å². The third kappa shape index (κ3) is 5.13. The molecule has 1 fully saturated rings. The Morgan fingerprint density at radius 3 is 2.81 bits per heavy atom. The van der Waals surface area contributed by atoms with Crippen molar-refractivity contribution < 1.29 is 24.2 Å². The van der Waals surface area contributed by atoms with Crippen LogP contribution in [0.4, 0.5) is 0 Å². The molecule has 2 aliphatic heterocycles. The third-order valence-corrected chi connectivity index (χ3v) is 6.97. The molecule has 10 heteroatoms. The highest BCUT2D eigenvalue weighted by molar-refractivity contribution is 9.10. The molecule has 1 amide bonds. The molecule has 32 heavy (non-hydrogen) atoms. The highest BCUT2D eigenvalue weighted by atomic mass is 79.9. The van der Waals surface area contributed by atoms with E-state index in [1.165, 1.54) is 11.8 Å². The van der Waals surface area contributed by atoms with E-state index in [9.17, 15) is 9.59 Å². The van der Waals surface area contributed by atoms with Gasteiger partial charge >= 0.3 is 5.97 Å². The van der Waals surface area contributed by atoms with Gasteiger partial charge in [0.1, 0.15) is 4.32 Å². The quantitative estimate of drug-likeness (QED) is 0.284. The maximum Gasteiger partial charge on any atom is 0.303 e. The number of ether oxygens (including phenoxy) is 2. The minimum Gasteiger partial charge on any atom is -0.481 e. The lowest BCUT2D eigenvalue weighted by atomic mass is 10.1. The van der Waals surface area contributed by atoms with Gasteiger partial charge in [-0.3, -0.25) is 14.5 Å². The number of aromatic nitrogens is 1. The van der Waals surface area contributed by atoms with Crippen molar-refractivity contribution in [2.75, 3.05) is 13.3 Å². The van der Waals surface area contributed by atoms with Crippen LogP contribution in [-0.2, 0) is 9.59 Å². The lowest BCUT2D eigenvalue weighted by Gasteiger charge is -2.13. The summed E-state index contributed by atoms with van der Waals surface area (Å²) < 4.78 is 12.2. The summed E-state index contributed by atoms with van der Waals surface area (Å²) in [6, 6.07) is 9.34. The molecule has 166 valence electrons. The Labute approximate surface area is 202 Å². The highest BCUT2D eigenvalue weighted by Gasteiger charge is 2.31. The van der Waals surface area contributed by atoms with E-state index in [2.05, 4.69) is 15.9 Å². The zero-order valence-electron chi connectivity index (χ0n) is 16.9. The van der Waals surface area contributed by atoms with Crippen molar-refractivity contribution in [1.82, 2.24) is 9.88 Å². The number of benzene rings is 1. The number of thioether (sulfide) groups is 1. The first kappa shape index (κ1) is 22.8.